The number of phenols is 2. The summed E-state index contributed by atoms with van der Waals surface area (Å²) in [4.78, 5) is 63.1. The highest BCUT2D eigenvalue weighted by atomic mass is 32.2. The predicted molar refractivity (Wildman–Crippen MR) is 162 cm³/mol. The van der Waals surface area contributed by atoms with Crippen LogP contribution in [0.1, 0.15) is 37.8 Å². The van der Waals surface area contributed by atoms with Gasteiger partial charge in [0.25, 0.3) is 0 Å². The van der Waals surface area contributed by atoms with Gasteiger partial charge in [-0.05, 0) is 66.2 Å². The number of thioether (sulfide) groups is 1. The van der Waals surface area contributed by atoms with Crippen molar-refractivity contribution in [1.29, 1.82) is 0 Å². The zero-order valence-corrected chi connectivity index (χ0v) is 25.2. The molecule has 0 unspecified atom stereocenters. The molecule has 4 amide bonds. The summed E-state index contributed by atoms with van der Waals surface area (Å²) in [6, 6.07) is 7.42. The predicted octanol–water partition coefficient (Wildman–Crippen LogP) is 1.34. The Morgan fingerprint density at radius 1 is 0.744 bits per heavy atom. The lowest BCUT2D eigenvalue weighted by Gasteiger charge is -2.26. The number of carbonyl (C=O) groups excluding carboxylic acids is 4. The lowest BCUT2D eigenvalue weighted by molar-refractivity contribution is -0.142. The molecule has 0 heterocycles. The van der Waals surface area contributed by atoms with Gasteiger partial charge < -0.3 is 36.6 Å². The molecule has 2 aromatic rings. The Labute approximate surface area is 255 Å². The fourth-order valence-corrected chi connectivity index (χ4v) is 4.74. The topological polar surface area (TPSA) is 194 Å². The monoisotopic (exact) mass is 616 g/mol. The number of hydrogen-bond donors (Lipinski definition) is 7. The normalized spacial score (nSPS) is 13.7. The van der Waals surface area contributed by atoms with Gasteiger partial charge in [0.1, 0.15) is 35.7 Å². The molecule has 2 rings (SSSR count). The Hall–Kier alpha value is -4.26. The Morgan fingerprint density at radius 2 is 1.19 bits per heavy atom. The molecule has 0 saturated heterocycles. The number of nitrogens with one attached hydrogen (secondary N) is 4. The summed E-state index contributed by atoms with van der Waals surface area (Å²) in [7, 11) is 0. The first-order valence-corrected chi connectivity index (χ1v) is 15.2. The number of carboxylic acid groups (broad SMARTS) is 1. The average Bonchev–Trinajstić information content (AvgIpc) is 2.95. The Balaban J connectivity index is 2.29. The van der Waals surface area contributed by atoms with Crippen LogP contribution in [0.2, 0.25) is 0 Å². The Kier molecular flexibility index (Phi) is 14.3. The van der Waals surface area contributed by atoms with Crippen LogP contribution in [-0.4, -0.2) is 81.6 Å². The Morgan fingerprint density at radius 3 is 1.65 bits per heavy atom. The maximum atomic E-state index is 13.5. The van der Waals surface area contributed by atoms with Crippen LogP contribution < -0.4 is 21.3 Å². The first kappa shape index (κ1) is 34.9. The molecule has 0 aromatic heterocycles. The van der Waals surface area contributed by atoms with Gasteiger partial charge in [0.15, 0.2) is 0 Å². The standard InChI is InChI=1S/C30H40N4O8S/c1-18(2)14-24(32-27(38)23(31-17-35)12-13-43-3)28(39)33-25(15-19-4-8-21(36)9-5-19)29(40)34-26(30(41)42)16-20-6-10-22(37)11-7-20/h4-11,17-18,23-26,36-37H,12-16H2,1-3H3,(H,31,35)(H,32,38)(H,33,39)(H,34,40)(H,41,42)/t23-,24-,25-,26-/m0/s1. The lowest BCUT2D eigenvalue weighted by atomic mass is 10.00. The average molecular weight is 617 g/mol. The molecular weight excluding hydrogens is 576 g/mol. The van der Waals surface area contributed by atoms with Gasteiger partial charge in [-0.2, -0.15) is 11.8 Å². The summed E-state index contributed by atoms with van der Waals surface area (Å²) < 4.78 is 0. The molecule has 4 atom stereocenters. The van der Waals surface area contributed by atoms with E-state index in [1.54, 1.807) is 12.1 Å². The molecule has 0 fully saturated rings. The fourth-order valence-electron chi connectivity index (χ4n) is 4.27. The first-order valence-electron chi connectivity index (χ1n) is 13.8. The molecule has 12 nitrogen and oxygen atoms in total. The number of rotatable bonds is 18. The van der Waals surface area contributed by atoms with Crippen molar-refractivity contribution in [3.8, 4) is 11.5 Å². The molecule has 0 radical (unpaired) electrons. The van der Waals surface area contributed by atoms with E-state index in [4.69, 9.17) is 0 Å². The quantitative estimate of drug-likeness (QED) is 0.121. The summed E-state index contributed by atoms with van der Waals surface area (Å²) >= 11 is 1.50. The summed E-state index contributed by atoms with van der Waals surface area (Å²) in [5.74, 6) is -2.65. The van der Waals surface area contributed by atoms with E-state index in [1.807, 2.05) is 20.1 Å². The number of amides is 4. The van der Waals surface area contributed by atoms with Gasteiger partial charge >= 0.3 is 5.97 Å². The number of phenolic OH excluding ortho intramolecular Hbond substituents is 2. The van der Waals surface area contributed by atoms with Crippen molar-refractivity contribution in [3.05, 3.63) is 59.7 Å². The molecule has 0 aliphatic rings. The fraction of sp³-hybridized carbons (Fsp3) is 0.433. The third-order valence-corrected chi connectivity index (χ3v) is 7.18. The molecule has 0 bridgehead atoms. The zero-order chi connectivity index (χ0) is 31.9. The number of carbonyl (C=O) groups is 5. The highest BCUT2D eigenvalue weighted by Gasteiger charge is 2.31. The van der Waals surface area contributed by atoms with E-state index in [2.05, 4.69) is 21.3 Å². The van der Waals surface area contributed by atoms with Crippen molar-refractivity contribution in [3.63, 3.8) is 0 Å². The van der Waals surface area contributed by atoms with Gasteiger partial charge in [0.05, 0.1) is 0 Å². The number of aliphatic carboxylic acids is 1. The van der Waals surface area contributed by atoms with Crippen molar-refractivity contribution >= 4 is 41.9 Å². The van der Waals surface area contributed by atoms with Gasteiger partial charge in [0.2, 0.25) is 24.1 Å². The second kappa shape index (κ2) is 17.6. The van der Waals surface area contributed by atoms with E-state index in [9.17, 15) is 39.3 Å². The zero-order valence-electron chi connectivity index (χ0n) is 24.4. The van der Waals surface area contributed by atoms with E-state index in [0.29, 0.717) is 29.7 Å². The molecule has 0 spiro atoms. The van der Waals surface area contributed by atoms with Crippen LogP contribution in [-0.2, 0) is 36.8 Å². The molecule has 2 aromatic carbocycles. The molecule has 0 aliphatic heterocycles. The minimum absolute atomic E-state index is 0.00768. The van der Waals surface area contributed by atoms with Crippen molar-refractivity contribution in [1.82, 2.24) is 21.3 Å². The van der Waals surface area contributed by atoms with E-state index < -0.39 is 47.9 Å². The van der Waals surface area contributed by atoms with Crippen molar-refractivity contribution in [2.45, 2.75) is 63.7 Å². The molecule has 13 heteroatoms. The van der Waals surface area contributed by atoms with E-state index in [-0.39, 0.29) is 36.7 Å². The van der Waals surface area contributed by atoms with Crippen LogP contribution in [0.3, 0.4) is 0 Å². The number of aromatic hydroxyl groups is 2. The highest BCUT2D eigenvalue weighted by molar-refractivity contribution is 7.98. The van der Waals surface area contributed by atoms with Crippen molar-refractivity contribution < 1.29 is 39.3 Å². The Bertz CT molecular complexity index is 1220. The van der Waals surface area contributed by atoms with Crippen molar-refractivity contribution in [2.75, 3.05) is 12.0 Å². The van der Waals surface area contributed by atoms with Crippen LogP contribution in [0.5, 0.6) is 11.5 Å². The van der Waals surface area contributed by atoms with Gasteiger partial charge in [-0.1, -0.05) is 38.1 Å². The number of hydrogen-bond acceptors (Lipinski definition) is 8. The van der Waals surface area contributed by atoms with Crippen LogP contribution in [0, 0.1) is 5.92 Å². The maximum Gasteiger partial charge on any atom is 0.326 e. The minimum atomic E-state index is -1.34. The van der Waals surface area contributed by atoms with E-state index >= 15 is 0 Å². The molecule has 234 valence electrons. The summed E-state index contributed by atoms with van der Waals surface area (Å²) in [5.41, 5.74) is 1.14. The van der Waals surface area contributed by atoms with Crippen LogP contribution in [0.15, 0.2) is 48.5 Å². The minimum Gasteiger partial charge on any atom is -0.508 e. The van der Waals surface area contributed by atoms with Gasteiger partial charge in [0, 0.05) is 12.8 Å². The van der Waals surface area contributed by atoms with Crippen LogP contribution in [0.4, 0.5) is 0 Å². The maximum absolute atomic E-state index is 13.5. The van der Waals surface area contributed by atoms with Crippen LogP contribution in [0.25, 0.3) is 0 Å². The molecule has 0 aliphatic carbocycles. The third kappa shape index (κ3) is 12.2. The summed E-state index contributed by atoms with van der Waals surface area (Å²) in [6.45, 7) is 3.73. The lowest BCUT2D eigenvalue weighted by Crippen LogP contribution is -2.58. The number of benzene rings is 2. The van der Waals surface area contributed by atoms with Gasteiger partial charge in [-0.15, -0.1) is 0 Å². The summed E-state index contributed by atoms with van der Waals surface area (Å²) in [6.07, 6.45) is 2.77. The van der Waals surface area contributed by atoms with E-state index in [1.165, 1.54) is 48.2 Å². The summed E-state index contributed by atoms with van der Waals surface area (Å²) in [5, 5.41) is 39.3. The second-order valence-electron chi connectivity index (χ2n) is 10.5. The SMILES string of the molecule is CSCC[C@H](NC=O)C(=O)N[C@@H](CC(C)C)C(=O)N[C@@H](Cc1ccc(O)cc1)C(=O)N[C@@H](Cc1ccc(O)cc1)C(=O)O. The third-order valence-electron chi connectivity index (χ3n) is 6.54. The molecule has 7 N–H and O–H groups in total. The number of carboxylic acids is 1. The molecule has 43 heavy (non-hydrogen) atoms. The van der Waals surface area contributed by atoms with Crippen LogP contribution >= 0.6 is 11.8 Å². The van der Waals surface area contributed by atoms with E-state index in [0.717, 1.165) is 0 Å². The van der Waals surface area contributed by atoms with Gasteiger partial charge in [-0.3, -0.25) is 19.2 Å². The first-order chi connectivity index (χ1) is 20.4. The smallest absolute Gasteiger partial charge is 0.326 e. The largest absolute Gasteiger partial charge is 0.508 e. The second-order valence-corrected chi connectivity index (χ2v) is 11.5. The molecular formula is C30H40N4O8S. The molecule has 0 saturated carbocycles. The van der Waals surface area contributed by atoms with Gasteiger partial charge in [-0.25, -0.2) is 4.79 Å². The highest BCUT2D eigenvalue weighted by Crippen LogP contribution is 2.14. The van der Waals surface area contributed by atoms with Crippen molar-refractivity contribution in [2.24, 2.45) is 5.92 Å².